The maximum atomic E-state index is 13.3. The van der Waals surface area contributed by atoms with Gasteiger partial charge in [-0.1, -0.05) is 34.1 Å². The molecule has 0 unspecified atom stereocenters. The van der Waals surface area contributed by atoms with Crippen molar-refractivity contribution in [2.75, 3.05) is 52.4 Å². The van der Waals surface area contributed by atoms with Gasteiger partial charge in [0.05, 0.1) is 30.1 Å². The lowest BCUT2D eigenvalue weighted by Gasteiger charge is -2.38. The van der Waals surface area contributed by atoms with E-state index < -0.39 is 0 Å². The fourth-order valence-corrected chi connectivity index (χ4v) is 5.66. The van der Waals surface area contributed by atoms with Crippen LogP contribution in [0.5, 0.6) is 0 Å². The lowest BCUT2D eigenvalue weighted by Crippen LogP contribution is -2.52. The predicted octanol–water partition coefficient (Wildman–Crippen LogP) is 3.14. The Morgan fingerprint density at radius 1 is 1.03 bits per heavy atom. The molecule has 0 saturated carbocycles. The van der Waals surface area contributed by atoms with Gasteiger partial charge in [0.15, 0.2) is 0 Å². The number of benzene rings is 2. The number of amides is 1. The molecule has 2 saturated heterocycles. The van der Waals surface area contributed by atoms with Crippen molar-refractivity contribution < 1.29 is 9.90 Å². The van der Waals surface area contributed by atoms with Gasteiger partial charge in [0.1, 0.15) is 5.82 Å². The summed E-state index contributed by atoms with van der Waals surface area (Å²) in [4.78, 5) is 24.9. The number of nitrogens with zero attached hydrogens (tertiary/aromatic N) is 5. The number of carbonyl (C=O) groups excluding carboxylic acids is 1. The molecule has 180 valence electrons. The smallest absolute Gasteiger partial charge is 0.227 e. The molecule has 3 heterocycles. The third-order valence-corrected chi connectivity index (χ3v) is 7.51. The molecular formula is C26H32BrN5O2. The Balaban J connectivity index is 1.32. The molecule has 0 aliphatic carbocycles. The Labute approximate surface area is 209 Å². The number of para-hydroxylation sites is 2. The van der Waals surface area contributed by atoms with Crippen LogP contribution in [0.2, 0.25) is 0 Å². The molecule has 1 amide bonds. The van der Waals surface area contributed by atoms with Gasteiger partial charge in [0.25, 0.3) is 0 Å². The predicted molar refractivity (Wildman–Crippen MR) is 137 cm³/mol. The number of hydrogen-bond donors (Lipinski definition) is 1. The molecule has 1 atom stereocenters. The number of carbonyl (C=O) groups is 1. The second kappa shape index (κ2) is 10.6. The van der Waals surface area contributed by atoms with Crippen LogP contribution in [0.15, 0.2) is 53.0 Å². The van der Waals surface area contributed by atoms with Crippen molar-refractivity contribution >= 4 is 32.9 Å². The van der Waals surface area contributed by atoms with Gasteiger partial charge in [0.2, 0.25) is 5.91 Å². The van der Waals surface area contributed by atoms with Gasteiger partial charge in [-0.2, -0.15) is 0 Å². The van der Waals surface area contributed by atoms with Crippen molar-refractivity contribution in [1.29, 1.82) is 0 Å². The average Bonchev–Trinajstić information content (AvgIpc) is 3.22. The summed E-state index contributed by atoms with van der Waals surface area (Å²) in [6.07, 6.45) is 1.98. The average molecular weight is 526 g/mol. The number of halogens is 1. The maximum Gasteiger partial charge on any atom is 0.227 e. The summed E-state index contributed by atoms with van der Waals surface area (Å²) in [6, 6.07) is 16.6. The number of aliphatic hydroxyl groups excluding tert-OH is 1. The molecule has 0 radical (unpaired) electrons. The molecule has 1 N–H and O–H groups in total. The van der Waals surface area contributed by atoms with E-state index in [0.717, 1.165) is 85.7 Å². The van der Waals surface area contributed by atoms with E-state index in [1.165, 1.54) is 0 Å². The number of aliphatic hydroxyl groups is 1. The van der Waals surface area contributed by atoms with Crippen LogP contribution >= 0.6 is 15.9 Å². The van der Waals surface area contributed by atoms with Crippen molar-refractivity contribution in [2.45, 2.75) is 19.4 Å². The number of likely N-dealkylation sites (tertiary alicyclic amines) is 1. The second-order valence-corrected chi connectivity index (χ2v) is 10.2. The Kier molecular flexibility index (Phi) is 7.29. The van der Waals surface area contributed by atoms with E-state index >= 15 is 0 Å². The number of β-amino-alcohol motifs (C(OH)–C–C–N with tert-alkyl or cyclic N) is 1. The fourth-order valence-electron chi connectivity index (χ4n) is 5.28. The quantitative estimate of drug-likeness (QED) is 0.535. The molecule has 0 spiro atoms. The minimum absolute atomic E-state index is 0.0434. The van der Waals surface area contributed by atoms with Gasteiger partial charge < -0.3 is 10.0 Å². The molecule has 2 aromatic carbocycles. The van der Waals surface area contributed by atoms with Crippen LogP contribution in [0.3, 0.4) is 0 Å². The monoisotopic (exact) mass is 525 g/mol. The normalized spacial score (nSPS) is 20.2. The number of piperazine rings is 1. The van der Waals surface area contributed by atoms with Gasteiger partial charge in [-0.25, -0.2) is 4.98 Å². The summed E-state index contributed by atoms with van der Waals surface area (Å²) in [5.41, 5.74) is 3.17. The first-order chi connectivity index (χ1) is 16.6. The lowest BCUT2D eigenvalue weighted by molar-refractivity contribution is -0.139. The standard InChI is InChI=1S/C26H32BrN5O2/c27-21-6-3-7-22(17-21)32-24-9-2-1-8-23(24)28-25(32)19-30-10-4-5-20(18-30)26(34)31-13-11-29(12-14-31)15-16-33/h1-3,6-9,17,20,33H,4-5,10-16,18-19H2/t20-/m1/s1. The third-order valence-electron chi connectivity index (χ3n) is 7.02. The number of aromatic nitrogens is 2. The summed E-state index contributed by atoms with van der Waals surface area (Å²) >= 11 is 3.61. The van der Waals surface area contributed by atoms with Crippen molar-refractivity contribution in [2.24, 2.45) is 5.92 Å². The van der Waals surface area contributed by atoms with E-state index in [0.29, 0.717) is 6.54 Å². The summed E-state index contributed by atoms with van der Waals surface area (Å²) in [7, 11) is 0. The van der Waals surface area contributed by atoms with E-state index in [9.17, 15) is 4.79 Å². The van der Waals surface area contributed by atoms with Crippen molar-refractivity contribution in [3.8, 4) is 5.69 Å². The van der Waals surface area contributed by atoms with Gasteiger partial charge >= 0.3 is 0 Å². The third kappa shape index (κ3) is 5.05. The van der Waals surface area contributed by atoms with E-state index in [-0.39, 0.29) is 18.4 Å². The van der Waals surface area contributed by atoms with Crippen molar-refractivity contribution in [1.82, 2.24) is 24.3 Å². The summed E-state index contributed by atoms with van der Waals surface area (Å²) in [5.74, 6) is 1.33. The lowest BCUT2D eigenvalue weighted by atomic mass is 9.96. The zero-order valence-corrected chi connectivity index (χ0v) is 21.0. The molecule has 3 aromatic rings. The maximum absolute atomic E-state index is 13.3. The number of fused-ring (bicyclic) bond motifs is 1. The summed E-state index contributed by atoms with van der Waals surface area (Å²) in [5, 5.41) is 9.16. The Morgan fingerprint density at radius 3 is 2.65 bits per heavy atom. The van der Waals surface area contributed by atoms with Crippen LogP contribution in [0.25, 0.3) is 16.7 Å². The van der Waals surface area contributed by atoms with Crippen LogP contribution in [0, 0.1) is 5.92 Å². The molecule has 5 rings (SSSR count). The highest BCUT2D eigenvalue weighted by Crippen LogP contribution is 2.26. The number of piperidine rings is 1. The molecule has 8 heteroatoms. The fraction of sp³-hybridized carbons (Fsp3) is 0.462. The highest BCUT2D eigenvalue weighted by atomic mass is 79.9. The highest BCUT2D eigenvalue weighted by molar-refractivity contribution is 9.10. The van der Waals surface area contributed by atoms with Crippen LogP contribution in [-0.4, -0.2) is 87.7 Å². The first-order valence-corrected chi connectivity index (χ1v) is 13.0. The minimum Gasteiger partial charge on any atom is -0.395 e. The number of imidazole rings is 1. The van der Waals surface area contributed by atoms with Gasteiger partial charge in [-0.15, -0.1) is 0 Å². The van der Waals surface area contributed by atoms with Crippen molar-refractivity contribution in [3.63, 3.8) is 0 Å². The van der Waals surface area contributed by atoms with Crippen molar-refractivity contribution in [3.05, 3.63) is 58.8 Å². The van der Waals surface area contributed by atoms with Crippen LogP contribution in [-0.2, 0) is 11.3 Å². The van der Waals surface area contributed by atoms with Crippen LogP contribution < -0.4 is 0 Å². The number of rotatable bonds is 6. The minimum atomic E-state index is 0.0434. The molecular weight excluding hydrogens is 494 g/mol. The molecule has 2 aliphatic rings. The topological polar surface area (TPSA) is 64.8 Å². The molecule has 0 bridgehead atoms. The zero-order valence-electron chi connectivity index (χ0n) is 19.4. The van der Waals surface area contributed by atoms with E-state index in [4.69, 9.17) is 10.1 Å². The van der Waals surface area contributed by atoms with Crippen LogP contribution in [0.1, 0.15) is 18.7 Å². The highest BCUT2D eigenvalue weighted by Gasteiger charge is 2.31. The largest absolute Gasteiger partial charge is 0.395 e. The van der Waals surface area contributed by atoms with Gasteiger partial charge in [-0.3, -0.25) is 19.2 Å². The first-order valence-electron chi connectivity index (χ1n) is 12.2. The zero-order chi connectivity index (χ0) is 23.5. The Hall–Kier alpha value is -2.26. The number of hydrogen-bond acceptors (Lipinski definition) is 5. The van der Waals surface area contributed by atoms with E-state index in [1.807, 2.05) is 23.1 Å². The Morgan fingerprint density at radius 2 is 1.85 bits per heavy atom. The van der Waals surface area contributed by atoms with Gasteiger partial charge in [0, 0.05) is 49.4 Å². The summed E-state index contributed by atoms with van der Waals surface area (Å²) in [6.45, 7) is 6.55. The van der Waals surface area contributed by atoms with E-state index in [1.54, 1.807) is 0 Å². The summed E-state index contributed by atoms with van der Waals surface area (Å²) < 4.78 is 3.28. The molecule has 7 nitrogen and oxygen atoms in total. The molecule has 1 aromatic heterocycles. The van der Waals surface area contributed by atoms with Crippen LogP contribution in [0.4, 0.5) is 0 Å². The van der Waals surface area contributed by atoms with Gasteiger partial charge in [-0.05, 0) is 49.7 Å². The first kappa shape index (κ1) is 23.5. The second-order valence-electron chi connectivity index (χ2n) is 9.30. The molecule has 2 fully saturated rings. The van der Waals surface area contributed by atoms with E-state index in [2.05, 4.69) is 60.6 Å². The Bertz CT molecular complexity index is 1140. The molecule has 34 heavy (non-hydrogen) atoms. The SMILES string of the molecule is O=C([C@@H]1CCCN(Cc2nc3ccccc3n2-c2cccc(Br)c2)C1)N1CCN(CCO)CC1. The molecule has 2 aliphatic heterocycles.